The number of hydrogen-bond acceptors (Lipinski definition) is 5. The van der Waals surface area contributed by atoms with Crippen LogP contribution in [0.3, 0.4) is 0 Å². The van der Waals surface area contributed by atoms with E-state index < -0.39 is 0 Å². The maximum absolute atomic E-state index is 12.1. The molecule has 0 spiro atoms. The van der Waals surface area contributed by atoms with Gasteiger partial charge in [0.1, 0.15) is 5.75 Å². The Morgan fingerprint density at radius 2 is 2.30 bits per heavy atom. The van der Waals surface area contributed by atoms with Crippen LogP contribution in [0.1, 0.15) is 16.1 Å². The molecule has 1 aromatic carbocycles. The van der Waals surface area contributed by atoms with Gasteiger partial charge in [-0.15, -0.1) is 16.4 Å². The molecule has 0 aliphatic carbocycles. The van der Waals surface area contributed by atoms with Gasteiger partial charge in [-0.25, -0.2) is 4.52 Å². The highest BCUT2D eigenvalue weighted by Crippen LogP contribution is 2.17. The molecular weight excluding hydrogens is 276 g/mol. The molecule has 2 aromatic heterocycles. The summed E-state index contributed by atoms with van der Waals surface area (Å²) in [5.41, 5.74) is 1.48. The Bertz CT molecular complexity index is 778. The molecule has 6 nitrogen and oxygen atoms in total. The molecular formula is C13H12N4O2S. The first-order valence-electron chi connectivity index (χ1n) is 5.93. The molecule has 0 fully saturated rings. The van der Waals surface area contributed by atoms with Gasteiger partial charge in [0.25, 0.3) is 11.9 Å². The van der Waals surface area contributed by atoms with E-state index in [2.05, 4.69) is 15.4 Å². The van der Waals surface area contributed by atoms with E-state index in [1.165, 1.54) is 11.3 Å². The Labute approximate surface area is 119 Å². The summed E-state index contributed by atoms with van der Waals surface area (Å²) in [6.07, 6.45) is 0. The van der Waals surface area contributed by atoms with E-state index in [-0.39, 0.29) is 5.91 Å². The number of ether oxygens (including phenoxy) is 1. The summed E-state index contributed by atoms with van der Waals surface area (Å²) in [5.74, 6) is 0.667. The third-order valence-corrected chi connectivity index (χ3v) is 3.74. The normalized spacial score (nSPS) is 10.7. The first-order valence-corrected chi connectivity index (χ1v) is 6.81. The largest absolute Gasteiger partial charge is 0.497 e. The quantitative estimate of drug-likeness (QED) is 0.803. The van der Waals surface area contributed by atoms with Crippen molar-refractivity contribution < 1.29 is 9.53 Å². The second-order valence-corrected chi connectivity index (χ2v) is 5.03. The topological polar surface area (TPSA) is 68.5 Å². The summed E-state index contributed by atoms with van der Waals surface area (Å²) in [5, 5.41) is 8.88. The number of nitrogens with one attached hydrogen (secondary N) is 1. The SMILES string of the molecule is COc1cccc(C(=O)Nc2nc3scc(C)n3n2)c1. The molecule has 0 saturated carbocycles. The highest BCUT2D eigenvalue weighted by Gasteiger charge is 2.12. The number of rotatable bonds is 3. The number of nitrogens with zero attached hydrogens (tertiary/aromatic N) is 3. The van der Waals surface area contributed by atoms with Gasteiger partial charge in [-0.2, -0.15) is 4.98 Å². The van der Waals surface area contributed by atoms with Crippen LogP contribution in [-0.4, -0.2) is 27.6 Å². The lowest BCUT2D eigenvalue weighted by Crippen LogP contribution is -2.13. The van der Waals surface area contributed by atoms with E-state index in [9.17, 15) is 4.79 Å². The molecule has 3 aromatic rings. The van der Waals surface area contributed by atoms with Crippen LogP contribution in [0.15, 0.2) is 29.6 Å². The minimum Gasteiger partial charge on any atom is -0.497 e. The lowest BCUT2D eigenvalue weighted by molar-refractivity contribution is 0.102. The van der Waals surface area contributed by atoms with E-state index in [0.29, 0.717) is 17.3 Å². The lowest BCUT2D eigenvalue weighted by atomic mass is 10.2. The number of fused-ring (bicyclic) bond motifs is 1. The van der Waals surface area contributed by atoms with E-state index in [0.717, 1.165) is 10.7 Å². The second-order valence-electron chi connectivity index (χ2n) is 4.19. The highest BCUT2D eigenvalue weighted by molar-refractivity contribution is 7.15. The molecule has 0 unspecified atom stereocenters. The van der Waals surface area contributed by atoms with Gasteiger partial charge >= 0.3 is 0 Å². The van der Waals surface area contributed by atoms with E-state index in [4.69, 9.17) is 4.74 Å². The molecule has 2 heterocycles. The van der Waals surface area contributed by atoms with Crippen molar-refractivity contribution in [1.82, 2.24) is 14.6 Å². The first kappa shape index (κ1) is 12.6. The maximum Gasteiger partial charge on any atom is 0.258 e. The van der Waals surface area contributed by atoms with Crippen molar-refractivity contribution >= 4 is 28.2 Å². The third kappa shape index (κ3) is 2.23. The molecule has 102 valence electrons. The molecule has 0 saturated heterocycles. The van der Waals surface area contributed by atoms with E-state index >= 15 is 0 Å². The van der Waals surface area contributed by atoms with Gasteiger partial charge in [-0.05, 0) is 25.1 Å². The number of thiazole rings is 1. The Kier molecular flexibility index (Phi) is 3.11. The predicted molar refractivity (Wildman–Crippen MR) is 76.5 cm³/mol. The van der Waals surface area contributed by atoms with Crippen LogP contribution in [0.4, 0.5) is 5.95 Å². The number of methoxy groups -OCH3 is 1. The summed E-state index contributed by atoms with van der Waals surface area (Å²) in [4.78, 5) is 17.1. The zero-order valence-electron chi connectivity index (χ0n) is 11.0. The summed E-state index contributed by atoms with van der Waals surface area (Å²) >= 11 is 1.48. The Balaban J connectivity index is 1.84. The average molecular weight is 288 g/mol. The van der Waals surface area contributed by atoms with Crippen molar-refractivity contribution in [3.8, 4) is 5.75 Å². The molecule has 0 aliphatic rings. The summed E-state index contributed by atoms with van der Waals surface area (Å²) in [6.45, 7) is 1.94. The average Bonchev–Trinajstić information content (AvgIpc) is 3.01. The smallest absolute Gasteiger partial charge is 0.258 e. The van der Waals surface area contributed by atoms with Crippen molar-refractivity contribution in [2.75, 3.05) is 12.4 Å². The molecule has 0 radical (unpaired) electrons. The standard InChI is InChI=1S/C13H12N4O2S/c1-8-7-20-13-15-12(16-17(8)13)14-11(18)9-4-3-5-10(6-9)19-2/h3-7H,1-2H3,(H,14,16,18). The number of aromatic nitrogens is 3. The van der Waals surface area contributed by atoms with Crippen molar-refractivity contribution in [3.63, 3.8) is 0 Å². The number of hydrogen-bond donors (Lipinski definition) is 1. The van der Waals surface area contributed by atoms with Gasteiger partial charge in [0.15, 0.2) is 0 Å². The number of aryl methyl sites for hydroxylation is 1. The van der Waals surface area contributed by atoms with Crippen LogP contribution < -0.4 is 10.1 Å². The van der Waals surface area contributed by atoms with Gasteiger partial charge in [-0.3, -0.25) is 10.1 Å². The Morgan fingerprint density at radius 3 is 3.05 bits per heavy atom. The van der Waals surface area contributed by atoms with Gasteiger partial charge in [0.2, 0.25) is 4.96 Å². The number of benzene rings is 1. The zero-order valence-corrected chi connectivity index (χ0v) is 11.8. The second kappa shape index (κ2) is 4.93. The van der Waals surface area contributed by atoms with Crippen LogP contribution >= 0.6 is 11.3 Å². The Morgan fingerprint density at radius 1 is 1.45 bits per heavy atom. The number of amides is 1. The van der Waals surface area contributed by atoms with Crippen LogP contribution in [0.5, 0.6) is 5.75 Å². The fraction of sp³-hybridized carbons (Fsp3) is 0.154. The summed E-state index contributed by atoms with van der Waals surface area (Å²) < 4.78 is 6.79. The van der Waals surface area contributed by atoms with Crippen molar-refractivity contribution in [2.45, 2.75) is 6.92 Å². The third-order valence-electron chi connectivity index (χ3n) is 2.80. The van der Waals surface area contributed by atoms with Crippen molar-refractivity contribution in [1.29, 1.82) is 0 Å². The monoisotopic (exact) mass is 288 g/mol. The minimum atomic E-state index is -0.264. The number of carbonyl (C=O) groups excluding carboxylic acids is 1. The molecule has 0 bridgehead atoms. The summed E-state index contributed by atoms with van der Waals surface area (Å²) in [7, 11) is 1.56. The molecule has 0 aliphatic heterocycles. The highest BCUT2D eigenvalue weighted by atomic mass is 32.1. The van der Waals surface area contributed by atoms with Crippen LogP contribution in [0.2, 0.25) is 0 Å². The predicted octanol–water partition coefficient (Wildman–Crippen LogP) is 2.36. The minimum absolute atomic E-state index is 0.264. The molecule has 3 rings (SSSR count). The number of anilines is 1. The van der Waals surface area contributed by atoms with Crippen molar-refractivity contribution in [2.24, 2.45) is 0 Å². The van der Waals surface area contributed by atoms with E-state index in [1.54, 1.807) is 35.9 Å². The van der Waals surface area contributed by atoms with Crippen LogP contribution in [0, 0.1) is 6.92 Å². The fourth-order valence-electron chi connectivity index (χ4n) is 1.78. The Hall–Kier alpha value is -2.41. The first-order chi connectivity index (χ1) is 9.67. The van der Waals surface area contributed by atoms with Gasteiger partial charge in [0, 0.05) is 10.9 Å². The fourth-order valence-corrected chi connectivity index (χ4v) is 2.58. The molecule has 7 heteroatoms. The molecule has 1 amide bonds. The molecule has 20 heavy (non-hydrogen) atoms. The lowest BCUT2D eigenvalue weighted by Gasteiger charge is -2.03. The zero-order chi connectivity index (χ0) is 14.1. The summed E-state index contributed by atoms with van der Waals surface area (Å²) in [6, 6.07) is 6.92. The van der Waals surface area contributed by atoms with Crippen LogP contribution in [0.25, 0.3) is 4.96 Å². The van der Waals surface area contributed by atoms with E-state index in [1.807, 2.05) is 12.3 Å². The van der Waals surface area contributed by atoms with Crippen molar-refractivity contribution in [3.05, 3.63) is 40.9 Å². The molecule has 1 N–H and O–H groups in total. The number of carbonyl (C=O) groups is 1. The van der Waals surface area contributed by atoms with Gasteiger partial charge < -0.3 is 4.74 Å². The van der Waals surface area contributed by atoms with Crippen LogP contribution in [-0.2, 0) is 0 Å². The van der Waals surface area contributed by atoms with Gasteiger partial charge in [0.05, 0.1) is 12.8 Å². The maximum atomic E-state index is 12.1. The van der Waals surface area contributed by atoms with Gasteiger partial charge in [-0.1, -0.05) is 6.07 Å². The molecule has 0 atom stereocenters.